The minimum atomic E-state index is 0.312. The lowest BCUT2D eigenvalue weighted by molar-refractivity contribution is 0.0982. The van der Waals surface area contributed by atoms with E-state index >= 15 is 0 Å². The maximum absolute atomic E-state index is 11.5. The van der Waals surface area contributed by atoms with Gasteiger partial charge in [0.25, 0.3) is 0 Å². The number of ketones is 1. The molecule has 0 bridgehead atoms. The van der Waals surface area contributed by atoms with Crippen molar-refractivity contribution in [2.24, 2.45) is 0 Å². The molecule has 1 aromatic heterocycles. The van der Waals surface area contributed by atoms with Crippen molar-refractivity contribution in [3.8, 4) is 0 Å². The van der Waals surface area contributed by atoms with E-state index in [0.717, 1.165) is 31.2 Å². The molecule has 2 rings (SSSR count). The van der Waals surface area contributed by atoms with Gasteiger partial charge >= 0.3 is 0 Å². The van der Waals surface area contributed by atoms with Gasteiger partial charge in [0.2, 0.25) is 0 Å². The molecule has 0 saturated heterocycles. The number of hydrogen-bond donors (Lipinski definition) is 1. The topological polar surface area (TPSA) is 32.9 Å². The zero-order chi connectivity index (χ0) is 8.55. The van der Waals surface area contributed by atoms with Crippen molar-refractivity contribution in [1.29, 1.82) is 0 Å². The summed E-state index contributed by atoms with van der Waals surface area (Å²) in [4.78, 5) is 14.6. The lowest BCUT2D eigenvalue weighted by Crippen LogP contribution is -1.96. The van der Waals surface area contributed by atoms with E-state index in [-0.39, 0.29) is 0 Å². The summed E-state index contributed by atoms with van der Waals surface area (Å²) in [6.07, 6.45) is 5.85. The molecule has 0 radical (unpaired) electrons. The summed E-state index contributed by atoms with van der Waals surface area (Å²) in [5, 5.41) is 0. The minimum absolute atomic E-state index is 0.312. The van der Waals surface area contributed by atoms with E-state index < -0.39 is 0 Å². The van der Waals surface area contributed by atoms with Gasteiger partial charge in [0.15, 0.2) is 5.78 Å². The number of aryl methyl sites for hydroxylation is 1. The van der Waals surface area contributed by atoms with Crippen LogP contribution >= 0.6 is 0 Å². The molecule has 0 aromatic carbocycles. The highest BCUT2D eigenvalue weighted by Gasteiger charge is 2.17. The summed E-state index contributed by atoms with van der Waals surface area (Å²) in [6, 6.07) is 0. The predicted molar refractivity (Wildman–Crippen MR) is 47.4 cm³/mol. The van der Waals surface area contributed by atoms with Crippen LogP contribution in [0, 0.1) is 6.92 Å². The Kier molecular flexibility index (Phi) is 1.75. The highest BCUT2D eigenvalue weighted by atomic mass is 16.1. The van der Waals surface area contributed by atoms with Crippen LogP contribution < -0.4 is 0 Å². The van der Waals surface area contributed by atoms with Crippen LogP contribution in [0.3, 0.4) is 0 Å². The number of rotatable bonds is 0. The molecular formula is C10H13NO. The summed E-state index contributed by atoms with van der Waals surface area (Å²) in [5.41, 5.74) is 3.35. The molecule has 1 heterocycles. The first-order valence-electron chi connectivity index (χ1n) is 4.49. The van der Waals surface area contributed by atoms with Crippen LogP contribution in [0.1, 0.15) is 40.9 Å². The average molecular weight is 163 g/mol. The summed E-state index contributed by atoms with van der Waals surface area (Å²) in [5.74, 6) is 0.312. The smallest absolute Gasteiger partial charge is 0.164 e. The fourth-order valence-electron chi connectivity index (χ4n) is 1.85. The lowest BCUT2D eigenvalue weighted by atomic mass is 10.1. The van der Waals surface area contributed by atoms with Crippen LogP contribution in [0.15, 0.2) is 6.20 Å². The zero-order valence-electron chi connectivity index (χ0n) is 7.31. The van der Waals surface area contributed by atoms with Crippen molar-refractivity contribution in [2.75, 3.05) is 0 Å². The molecule has 1 aromatic rings. The van der Waals surface area contributed by atoms with Crippen LogP contribution in [0.5, 0.6) is 0 Å². The van der Waals surface area contributed by atoms with Crippen molar-refractivity contribution in [2.45, 2.75) is 32.6 Å². The van der Waals surface area contributed by atoms with Gasteiger partial charge in [-0.1, -0.05) is 0 Å². The van der Waals surface area contributed by atoms with E-state index in [2.05, 4.69) is 4.98 Å². The Hall–Kier alpha value is -1.05. The number of fused-ring (bicyclic) bond motifs is 1. The fraction of sp³-hybridized carbons (Fsp3) is 0.500. The van der Waals surface area contributed by atoms with Crippen LogP contribution in [-0.4, -0.2) is 10.8 Å². The summed E-state index contributed by atoms with van der Waals surface area (Å²) < 4.78 is 0. The van der Waals surface area contributed by atoms with Gasteiger partial charge in [0.05, 0.1) is 0 Å². The van der Waals surface area contributed by atoms with Gasteiger partial charge in [-0.05, 0) is 31.7 Å². The van der Waals surface area contributed by atoms with Gasteiger partial charge in [-0.3, -0.25) is 4.79 Å². The predicted octanol–water partition coefficient (Wildman–Crippen LogP) is 2.23. The first-order chi connectivity index (χ1) is 5.79. The maximum Gasteiger partial charge on any atom is 0.164 e. The van der Waals surface area contributed by atoms with Crippen molar-refractivity contribution >= 4 is 5.78 Å². The first kappa shape index (κ1) is 7.59. The number of carbonyl (C=O) groups excluding carboxylic acids is 1. The quantitative estimate of drug-likeness (QED) is 0.584. The second-order valence-corrected chi connectivity index (χ2v) is 3.44. The molecule has 0 amide bonds. The number of carbonyl (C=O) groups is 1. The number of Topliss-reactive ketones (excluding diaryl/α,β-unsaturated/α-hetero) is 1. The Balaban J connectivity index is 2.47. The maximum atomic E-state index is 11.5. The van der Waals surface area contributed by atoms with Gasteiger partial charge in [0, 0.05) is 23.9 Å². The van der Waals surface area contributed by atoms with Gasteiger partial charge < -0.3 is 4.98 Å². The number of aromatic amines is 1. The third-order valence-electron chi connectivity index (χ3n) is 2.59. The zero-order valence-corrected chi connectivity index (χ0v) is 7.31. The summed E-state index contributed by atoms with van der Waals surface area (Å²) >= 11 is 0. The molecule has 0 saturated carbocycles. The third-order valence-corrected chi connectivity index (χ3v) is 2.59. The number of aromatic nitrogens is 1. The average Bonchev–Trinajstić information content (AvgIpc) is 2.30. The number of hydrogen-bond acceptors (Lipinski definition) is 1. The van der Waals surface area contributed by atoms with E-state index in [9.17, 15) is 4.79 Å². The molecule has 64 valence electrons. The Morgan fingerprint density at radius 3 is 2.92 bits per heavy atom. The Morgan fingerprint density at radius 2 is 2.08 bits per heavy atom. The van der Waals surface area contributed by atoms with Crippen LogP contribution in [0.25, 0.3) is 0 Å². The molecule has 1 aliphatic carbocycles. The SMILES string of the molecule is Cc1[nH]cc2c1CCCCC2=O. The lowest BCUT2D eigenvalue weighted by Gasteiger charge is -1.96. The highest BCUT2D eigenvalue weighted by molar-refractivity contribution is 5.97. The third kappa shape index (κ3) is 1.07. The molecule has 0 fully saturated rings. The van der Waals surface area contributed by atoms with E-state index in [1.54, 1.807) is 0 Å². The van der Waals surface area contributed by atoms with Crippen LogP contribution in [0.4, 0.5) is 0 Å². The molecule has 1 N–H and O–H groups in total. The van der Waals surface area contributed by atoms with Gasteiger partial charge in [-0.25, -0.2) is 0 Å². The summed E-state index contributed by atoms with van der Waals surface area (Å²) in [7, 11) is 0. The van der Waals surface area contributed by atoms with E-state index in [0.29, 0.717) is 5.78 Å². The minimum Gasteiger partial charge on any atom is -0.364 e. The number of nitrogens with one attached hydrogen (secondary N) is 1. The Bertz CT molecular complexity index is 312. The van der Waals surface area contributed by atoms with E-state index in [4.69, 9.17) is 0 Å². The van der Waals surface area contributed by atoms with Gasteiger partial charge in [0.1, 0.15) is 0 Å². The normalized spacial score (nSPS) is 17.2. The molecule has 0 unspecified atom stereocenters. The molecular weight excluding hydrogens is 150 g/mol. The van der Waals surface area contributed by atoms with Crippen molar-refractivity contribution in [3.63, 3.8) is 0 Å². The Labute approximate surface area is 72.0 Å². The second kappa shape index (κ2) is 2.77. The monoisotopic (exact) mass is 163 g/mol. The molecule has 0 aliphatic heterocycles. The Morgan fingerprint density at radius 1 is 1.33 bits per heavy atom. The molecule has 2 heteroatoms. The molecule has 0 atom stereocenters. The highest BCUT2D eigenvalue weighted by Crippen LogP contribution is 2.22. The molecule has 0 spiro atoms. The standard InChI is InChI=1S/C10H13NO/c1-7-8-4-2-3-5-10(12)9(8)6-11-7/h6,11H,2-5H2,1H3. The first-order valence-corrected chi connectivity index (χ1v) is 4.49. The van der Waals surface area contributed by atoms with Crippen molar-refractivity contribution < 1.29 is 4.79 Å². The summed E-state index contributed by atoms with van der Waals surface area (Å²) in [6.45, 7) is 2.04. The largest absolute Gasteiger partial charge is 0.364 e. The number of H-pyrrole nitrogens is 1. The second-order valence-electron chi connectivity index (χ2n) is 3.44. The van der Waals surface area contributed by atoms with Gasteiger partial charge in [-0.15, -0.1) is 0 Å². The molecule has 12 heavy (non-hydrogen) atoms. The van der Waals surface area contributed by atoms with E-state index in [1.807, 2.05) is 13.1 Å². The molecule has 2 nitrogen and oxygen atoms in total. The molecule has 1 aliphatic rings. The van der Waals surface area contributed by atoms with Crippen molar-refractivity contribution in [1.82, 2.24) is 4.98 Å². The van der Waals surface area contributed by atoms with Gasteiger partial charge in [-0.2, -0.15) is 0 Å². The fourth-order valence-corrected chi connectivity index (χ4v) is 1.85. The van der Waals surface area contributed by atoms with Crippen molar-refractivity contribution in [3.05, 3.63) is 23.0 Å². The van der Waals surface area contributed by atoms with Crippen LogP contribution in [0.2, 0.25) is 0 Å². The van der Waals surface area contributed by atoms with Crippen LogP contribution in [-0.2, 0) is 6.42 Å². The van der Waals surface area contributed by atoms with E-state index in [1.165, 1.54) is 11.3 Å².